The summed E-state index contributed by atoms with van der Waals surface area (Å²) in [4.78, 5) is 24.0. The van der Waals surface area contributed by atoms with Crippen LogP contribution in [-0.4, -0.2) is 23.7 Å². The van der Waals surface area contributed by atoms with Gasteiger partial charge in [-0.2, -0.15) is 0 Å². The van der Waals surface area contributed by atoms with Gasteiger partial charge in [-0.3, -0.25) is 4.79 Å². The highest BCUT2D eigenvalue weighted by molar-refractivity contribution is 7.99. The van der Waals surface area contributed by atoms with Crippen molar-refractivity contribution in [3.63, 3.8) is 0 Å². The van der Waals surface area contributed by atoms with Crippen LogP contribution in [0.4, 0.5) is 10.5 Å². The average molecular weight is 335 g/mol. The number of nitrogens with one attached hydrogen (secondary N) is 2. The zero-order valence-corrected chi connectivity index (χ0v) is 14.3. The molecule has 6 heteroatoms. The molecule has 3 amide bonds. The number of thioether (sulfide) groups is 1. The highest BCUT2D eigenvalue weighted by Gasteiger charge is 2.22. The Hall–Kier alpha value is -1.69. The molecule has 1 fully saturated rings. The molecule has 126 valence electrons. The van der Waals surface area contributed by atoms with Gasteiger partial charge >= 0.3 is 6.03 Å². The lowest BCUT2D eigenvalue weighted by molar-refractivity contribution is -0.117. The number of hydrogen-bond donors (Lipinski definition) is 3. The van der Waals surface area contributed by atoms with Crippen molar-refractivity contribution in [3.8, 4) is 0 Å². The molecule has 1 saturated carbocycles. The van der Waals surface area contributed by atoms with Gasteiger partial charge in [-0.25, -0.2) is 4.79 Å². The summed E-state index contributed by atoms with van der Waals surface area (Å²) in [6.07, 6.45) is 4.97. The molecule has 0 aromatic heterocycles. The molecule has 0 spiro atoms. The van der Waals surface area contributed by atoms with Crippen LogP contribution in [0.1, 0.15) is 39.0 Å². The molecule has 5 nitrogen and oxygen atoms in total. The van der Waals surface area contributed by atoms with E-state index in [2.05, 4.69) is 17.6 Å². The summed E-state index contributed by atoms with van der Waals surface area (Å²) in [5, 5.41) is 6.01. The lowest BCUT2D eigenvalue weighted by Gasteiger charge is -2.29. The fourth-order valence-electron chi connectivity index (χ4n) is 2.81. The number of urea groups is 1. The third kappa shape index (κ3) is 5.78. The van der Waals surface area contributed by atoms with Gasteiger partial charge in [0.05, 0.1) is 5.69 Å². The molecule has 0 bridgehead atoms. The highest BCUT2D eigenvalue weighted by atomic mass is 32.2. The number of rotatable bonds is 6. The third-order valence-corrected chi connectivity index (χ3v) is 5.24. The standard InChI is InChI=1S/C17H25N3O2S/c1-12-6-2-3-7-13(12)19-17(22)20-14-8-4-5-9-15(14)23-11-10-16(18)21/h4-5,8-9,12-13H,2-3,6-7,10-11H2,1H3,(H2,18,21)(H2,19,20,22). The van der Waals surface area contributed by atoms with Crippen LogP contribution in [-0.2, 0) is 4.79 Å². The summed E-state index contributed by atoms with van der Waals surface area (Å²) in [7, 11) is 0. The van der Waals surface area contributed by atoms with Crippen molar-refractivity contribution < 1.29 is 9.59 Å². The predicted octanol–water partition coefficient (Wildman–Crippen LogP) is 3.35. The average Bonchev–Trinajstić information content (AvgIpc) is 2.51. The Bertz CT molecular complexity index is 550. The summed E-state index contributed by atoms with van der Waals surface area (Å²) in [6, 6.07) is 7.70. The first-order valence-corrected chi connectivity index (χ1v) is 9.12. The van der Waals surface area contributed by atoms with Crippen molar-refractivity contribution in [2.75, 3.05) is 11.1 Å². The molecule has 1 aliphatic rings. The van der Waals surface area contributed by atoms with Crippen LogP contribution in [0, 0.1) is 5.92 Å². The first kappa shape index (κ1) is 17.7. The molecule has 23 heavy (non-hydrogen) atoms. The minimum Gasteiger partial charge on any atom is -0.370 e. The second kappa shape index (κ2) is 8.82. The van der Waals surface area contributed by atoms with Gasteiger partial charge < -0.3 is 16.4 Å². The van der Waals surface area contributed by atoms with E-state index in [1.165, 1.54) is 31.0 Å². The highest BCUT2D eigenvalue weighted by Crippen LogP contribution is 2.28. The van der Waals surface area contributed by atoms with Gasteiger partial charge in [-0.1, -0.05) is 31.9 Å². The monoisotopic (exact) mass is 335 g/mol. The van der Waals surface area contributed by atoms with Gasteiger partial charge in [0.1, 0.15) is 0 Å². The smallest absolute Gasteiger partial charge is 0.319 e. The molecule has 1 aliphatic carbocycles. The lowest BCUT2D eigenvalue weighted by Crippen LogP contribution is -2.43. The Morgan fingerprint density at radius 3 is 2.74 bits per heavy atom. The van der Waals surface area contributed by atoms with E-state index in [-0.39, 0.29) is 18.0 Å². The molecule has 2 atom stereocenters. The van der Waals surface area contributed by atoms with Crippen LogP contribution < -0.4 is 16.4 Å². The zero-order chi connectivity index (χ0) is 16.7. The Balaban J connectivity index is 1.90. The lowest BCUT2D eigenvalue weighted by atomic mass is 9.86. The fourth-order valence-corrected chi connectivity index (χ4v) is 3.79. The molecule has 0 heterocycles. The fraction of sp³-hybridized carbons (Fsp3) is 0.529. The van der Waals surface area contributed by atoms with E-state index in [1.54, 1.807) is 0 Å². The number of para-hydroxylation sites is 1. The summed E-state index contributed by atoms with van der Waals surface area (Å²) in [6.45, 7) is 2.19. The Kier molecular flexibility index (Phi) is 6.77. The number of hydrogen-bond acceptors (Lipinski definition) is 3. The van der Waals surface area contributed by atoms with Crippen molar-refractivity contribution in [2.24, 2.45) is 11.7 Å². The van der Waals surface area contributed by atoms with Crippen LogP contribution in [0.25, 0.3) is 0 Å². The molecule has 0 saturated heterocycles. The van der Waals surface area contributed by atoms with Gasteiger partial charge in [-0.05, 0) is 30.9 Å². The summed E-state index contributed by atoms with van der Waals surface area (Å²) >= 11 is 1.52. The van der Waals surface area contributed by atoms with E-state index in [0.717, 1.165) is 17.0 Å². The van der Waals surface area contributed by atoms with Crippen LogP contribution >= 0.6 is 11.8 Å². The number of nitrogens with two attached hydrogens (primary N) is 1. The second-order valence-corrected chi connectivity index (χ2v) is 7.16. The van der Waals surface area contributed by atoms with Gasteiger partial charge in [0.25, 0.3) is 0 Å². The van der Waals surface area contributed by atoms with Crippen LogP contribution in [0.2, 0.25) is 0 Å². The SMILES string of the molecule is CC1CCCCC1NC(=O)Nc1ccccc1SCCC(N)=O. The second-order valence-electron chi connectivity index (χ2n) is 6.03. The van der Waals surface area contributed by atoms with Gasteiger partial charge in [0.2, 0.25) is 5.91 Å². The Labute approximate surface area is 141 Å². The van der Waals surface area contributed by atoms with Crippen LogP contribution in [0.5, 0.6) is 0 Å². The molecule has 2 unspecified atom stereocenters. The van der Waals surface area contributed by atoms with E-state index >= 15 is 0 Å². The maximum absolute atomic E-state index is 12.3. The third-order valence-electron chi connectivity index (χ3n) is 4.17. The van der Waals surface area contributed by atoms with Crippen LogP contribution in [0.15, 0.2) is 29.2 Å². The van der Waals surface area contributed by atoms with Crippen molar-refractivity contribution in [3.05, 3.63) is 24.3 Å². The molecule has 1 aromatic carbocycles. The number of carbonyl (C=O) groups excluding carboxylic acids is 2. The summed E-state index contributed by atoms with van der Waals surface area (Å²) in [5.74, 6) is 0.816. The van der Waals surface area contributed by atoms with Crippen LogP contribution in [0.3, 0.4) is 0 Å². The number of amides is 3. The van der Waals surface area contributed by atoms with Gasteiger partial charge in [-0.15, -0.1) is 11.8 Å². The van der Waals surface area contributed by atoms with Crippen molar-refractivity contribution >= 4 is 29.4 Å². The maximum Gasteiger partial charge on any atom is 0.319 e. The topological polar surface area (TPSA) is 84.2 Å². The number of benzene rings is 1. The molecule has 0 aliphatic heterocycles. The first-order chi connectivity index (χ1) is 11.1. The minimum atomic E-state index is -0.313. The zero-order valence-electron chi connectivity index (χ0n) is 13.5. The van der Waals surface area contributed by atoms with Gasteiger partial charge in [0.15, 0.2) is 0 Å². The quantitative estimate of drug-likeness (QED) is 0.697. The van der Waals surface area contributed by atoms with Crippen molar-refractivity contribution in [1.82, 2.24) is 5.32 Å². The van der Waals surface area contributed by atoms with Gasteiger partial charge in [0, 0.05) is 23.1 Å². The molecular weight excluding hydrogens is 310 g/mol. The summed E-state index contributed by atoms with van der Waals surface area (Å²) in [5.41, 5.74) is 5.93. The molecule has 0 radical (unpaired) electrons. The normalized spacial score (nSPS) is 20.7. The first-order valence-electron chi connectivity index (χ1n) is 8.14. The van der Waals surface area contributed by atoms with E-state index in [0.29, 0.717) is 18.1 Å². The van der Waals surface area contributed by atoms with E-state index in [1.807, 2.05) is 24.3 Å². The number of anilines is 1. The Morgan fingerprint density at radius 1 is 1.26 bits per heavy atom. The van der Waals surface area contributed by atoms with Crippen molar-refractivity contribution in [1.29, 1.82) is 0 Å². The van der Waals surface area contributed by atoms with E-state index in [9.17, 15) is 9.59 Å². The van der Waals surface area contributed by atoms with Crippen molar-refractivity contribution in [2.45, 2.75) is 50.0 Å². The Morgan fingerprint density at radius 2 is 2.00 bits per heavy atom. The summed E-state index contributed by atoms with van der Waals surface area (Å²) < 4.78 is 0. The molecule has 2 rings (SSSR count). The van der Waals surface area contributed by atoms with E-state index in [4.69, 9.17) is 5.73 Å². The largest absolute Gasteiger partial charge is 0.370 e. The number of carbonyl (C=O) groups is 2. The predicted molar refractivity (Wildman–Crippen MR) is 94.6 cm³/mol. The molecule has 4 N–H and O–H groups in total. The minimum absolute atomic E-state index is 0.160. The maximum atomic E-state index is 12.3. The van der Waals surface area contributed by atoms with E-state index < -0.39 is 0 Å². The number of primary amides is 1. The molecule has 1 aromatic rings. The molecular formula is C17H25N3O2S.